The van der Waals surface area contributed by atoms with E-state index in [1.165, 1.54) is 6.20 Å². The van der Waals surface area contributed by atoms with Crippen molar-refractivity contribution in [3.8, 4) is 5.75 Å². The van der Waals surface area contributed by atoms with Crippen molar-refractivity contribution in [2.45, 2.75) is 70.7 Å². The molecule has 3 aromatic rings. The van der Waals surface area contributed by atoms with Crippen molar-refractivity contribution in [1.82, 2.24) is 25.3 Å². The Morgan fingerprint density at radius 3 is 2.74 bits per heavy atom. The molecule has 246 valence electrons. The first kappa shape index (κ1) is 34.1. The molecule has 15 nitrogen and oxygen atoms in total. The highest BCUT2D eigenvalue weighted by atomic mass is 35.5. The maximum Gasteiger partial charge on any atom is 0.305 e. The number of halogens is 1. The van der Waals surface area contributed by atoms with E-state index in [0.29, 0.717) is 60.7 Å². The van der Waals surface area contributed by atoms with Crippen LogP contribution >= 0.6 is 11.6 Å². The van der Waals surface area contributed by atoms with Crippen molar-refractivity contribution < 1.29 is 29.0 Å². The van der Waals surface area contributed by atoms with Gasteiger partial charge in [0.25, 0.3) is 11.0 Å². The van der Waals surface area contributed by atoms with Gasteiger partial charge in [-0.3, -0.25) is 9.59 Å². The molecule has 1 amide bonds. The Hall–Kier alpha value is -4.79. The topological polar surface area (TPSA) is 184 Å². The normalized spacial score (nSPS) is 14.8. The average molecular weight is 657 g/mol. The van der Waals surface area contributed by atoms with Gasteiger partial charge in [0.2, 0.25) is 5.95 Å². The first-order chi connectivity index (χ1) is 22.3. The third-order valence-corrected chi connectivity index (χ3v) is 7.69. The number of carbonyl (C=O) groups is 2. The van der Waals surface area contributed by atoms with Crippen LogP contribution < -0.4 is 20.3 Å². The molecule has 0 saturated carbocycles. The molecule has 0 radical (unpaired) electrons. The van der Waals surface area contributed by atoms with Crippen LogP contribution in [0.2, 0.25) is 5.02 Å². The van der Waals surface area contributed by atoms with E-state index >= 15 is 0 Å². The summed E-state index contributed by atoms with van der Waals surface area (Å²) in [5.74, 6) is 0.912. The molecule has 3 heterocycles. The molecule has 0 bridgehead atoms. The zero-order valence-corrected chi connectivity index (χ0v) is 26.4. The number of amides is 1. The number of hydrogen-bond donors (Lipinski definition) is 2. The van der Waals surface area contributed by atoms with Crippen LogP contribution in [0.4, 0.5) is 11.8 Å². The Bertz CT molecular complexity index is 1480. The van der Waals surface area contributed by atoms with E-state index in [2.05, 4.69) is 30.4 Å². The van der Waals surface area contributed by atoms with E-state index in [0.717, 1.165) is 18.4 Å². The summed E-state index contributed by atoms with van der Waals surface area (Å²) in [6, 6.07) is 6.92. The molecular weight excluding hydrogens is 620 g/mol. The summed E-state index contributed by atoms with van der Waals surface area (Å²) in [5.41, 5.74) is 1.07. The fourth-order valence-electron chi connectivity index (χ4n) is 4.95. The van der Waals surface area contributed by atoms with Gasteiger partial charge in [0.1, 0.15) is 35.7 Å². The number of esters is 1. The third kappa shape index (κ3) is 9.86. The predicted octanol–water partition coefficient (Wildman–Crippen LogP) is 4.14. The SMILES string of the molecule is CCC(CCCC(=O)OC[C@@H]1CCCN1c1ncc(C(=O)NCc2ncccn2)c(NCc2ccc(OC)c(Cl)c2)n1)O[N+](=O)[O-]. The van der Waals surface area contributed by atoms with Crippen molar-refractivity contribution in [3.63, 3.8) is 0 Å². The Kier molecular flexibility index (Phi) is 12.6. The van der Waals surface area contributed by atoms with E-state index in [1.807, 2.05) is 11.0 Å². The molecule has 2 N–H and O–H groups in total. The van der Waals surface area contributed by atoms with Gasteiger partial charge in [0, 0.05) is 38.1 Å². The largest absolute Gasteiger partial charge is 0.495 e. The van der Waals surface area contributed by atoms with E-state index in [1.54, 1.807) is 44.6 Å². The van der Waals surface area contributed by atoms with Crippen LogP contribution in [-0.2, 0) is 27.5 Å². The lowest BCUT2D eigenvalue weighted by atomic mass is 10.1. The Morgan fingerprint density at radius 2 is 2.02 bits per heavy atom. The minimum absolute atomic E-state index is 0.121. The Balaban J connectivity index is 1.43. The van der Waals surface area contributed by atoms with Gasteiger partial charge in [-0.2, -0.15) is 4.98 Å². The Labute approximate surface area is 271 Å². The molecule has 16 heteroatoms. The minimum atomic E-state index is -0.808. The highest BCUT2D eigenvalue weighted by Crippen LogP contribution is 2.27. The summed E-state index contributed by atoms with van der Waals surface area (Å²) < 4.78 is 10.8. The van der Waals surface area contributed by atoms with Crippen LogP contribution in [0.25, 0.3) is 0 Å². The van der Waals surface area contributed by atoms with Gasteiger partial charge in [-0.25, -0.2) is 15.0 Å². The van der Waals surface area contributed by atoms with Gasteiger partial charge in [0.15, 0.2) is 0 Å². The number of nitrogens with one attached hydrogen (secondary N) is 2. The zero-order valence-electron chi connectivity index (χ0n) is 25.7. The molecule has 1 unspecified atom stereocenters. The molecule has 1 fully saturated rings. The van der Waals surface area contributed by atoms with Crippen LogP contribution in [-0.4, -0.2) is 69.3 Å². The van der Waals surface area contributed by atoms with Crippen molar-refractivity contribution in [2.75, 3.05) is 30.5 Å². The number of benzene rings is 1. The Morgan fingerprint density at radius 1 is 1.22 bits per heavy atom. The molecule has 1 aromatic carbocycles. The number of rotatable bonds is 17. The summed E-state index contributed by atoms with van der Waals surface area (Å²) in [5, 5.41) is 16.3. The second-order valence-electron chi connectivity index (χ2n) is 10.5. The number of carbonyl (C=O) groups excluding carboxylic acids is 2. The van der Waals surface area contributed by atoms with Gasteiger partial charge in [-0.15, -0.1) is 10.1 Å². The first-order valence-corrected chi connectivity index (χ1v) is 15.4. The van der Waals surface area contributed by atoms with E-state index in [9.17, 15) is 19.7 Å². The highest BCUT2D eigenvalue weighted by molar-refractivity contribution is 6.32. The van der Waals surface area contributed by atoms with Crippen LogP contribution in [0, 0.1) is 10.1 Å². The van der Waals surface area contributed by atoms with Gasteiger partial charge in [-0.1, -0.05) is 24.6 Å². The molecule has 0 spiro atoms. The standard InChI is InChI=1S/C30H37ClN8O7/c1-3-22(46-39(42)43)8-4-9-27(40)45-19-21-7-5-14-38(21)30-36-17-23(29(41)35-18-26-32-12-6-13-33-26)28(37-30)34-16-20-10-11-25(44-2)24(31)15-20/h6,10-13,15,17,21-22H,3-5,7-9,14,16,18-19H2,1-2H3,(H,35,41)(H,34,36,37)/t21-,22?/m0/s1. The lowest BCUT2D eigenvalue weighted by Crippen LogP contribution is -2.35. The van der Waals surface area contributed by atoms with Gasteiger partial charge < -0.3 is 29.8 Å². The van der Waals surface area contributed by atoms with Gasteiger partial charge in [0.05, 0.1) is 24.7 Å². The number of hydrogen-bond acceptors (Lipinski definition) is 13. The van der Waals surface area contributed by atoms with E-state index in [4.69, 9.17) is 26.1 Å². The molecule has 1 aliphatic rings. The minimum Gasteiger partial charge on any atom is -0.495 e. The summed E-state index contributed by atoms with van der Waals surface area (Å²) in [6.45, 7) is 3.00. The summed E-state index contributed by atoms with van der Waals surface area (Å²) in [6.07, 6.45) is 7.11. The van der Waals surface area contributed by atoms with Crippen LogP contribution in [0.3, 0.4) is 0 Å². The van der Waals surface area contributed by atoms with Crippen LogP contribution in [0.1, 0.15) is 67.2 Å². The average Bonchev–Trinajstić information content (AvgIpc) is 3.54. The molecule has 4 rings (SSSR count). The maximum atomic E-state index is 13.2. The van der Waals surface area contributed by atoms with Gasteiger partial charge >= 0.3 is 5.97 Å². The molecular formula is C30H37ClN8O7. The third-order valence-electron chi connectivity index (χ3n) is 7.39. The number of nitrogens with zero attached hydrogens (tertiary/aromatic N) is 6. The number of aromatic nitrogens is 4. The van der Waals surface area contributed by atoms with Crippen LogP contribution in [0.5, 0.6) is 5.75 Å². The van der Waals surface area contributed by atoms with Gasteiger partial charge in [-0.05, 0) is 55.9 Å². The van der Waals surface area contributed by atoms with Crippen LogP contribution in [0.15, 0.2) is 42.9 Å². The summed E-state index contributed by atoms with van der Waals surface area (Å²) in [7, 11) is 1.54. The fraction of sp³-hybridized carbons (Fsp3) is 0.467. The van der Waals surface area contributed by atoms with E-state index < -0.39 is 23.1 Å². The lowest BCUT2D eigenvalue weighted by Gasteiger charge is -2.25. The maximum absolute atomic E-state index is 13.2. The molecule has 0 aliphatic carbocycles. The fourth-order valence-corrected chi connectivity index (χ4v) is 5.23. The lowest BCUT2D eigenvalue weighted by molar-refractivity contribution is -0.768. The van der Waals surface area contributed by atoms with Crippen molar-refractivity contribution in [3.05, 3.63) is 74.9 Å². The quantitative estimate of drug-likeness (QED) is 0.120. The number of anilines is 2. The second-order valence-corrected chi connectivity index (χ2v) is 10.9. The van der Waals surface area contributed by atoms with E-state index in [-0.39, 0.29) is 31.2 Å². The molecule has 46 heavy (non-hydrogen) atoms. The van der Waals surface area contributed by atoms with Crippen molar-refractivity contribution in [2.24, 2.45) is 0 Å². The van der Waals surface area contributed by atoms with Crippen molar-refractivity contribution in [1.29, 1.82) is 0 Å². The highest BCUT2D eigenvalue weighted by Gasteiger charge is 2.29. The number of ether oxygens (including phenoxy) is 2. The number of methoxy groups -OCH3 is 1. The summed E-state index contributed by atoms with van der Waals surface area (Å²) >= 11 is 6.31. The second kappa shape index (κ2) is 17.1. The van der Waals surface area contributed by atoms with Crippen molar-refractivity contribution >= 4 is 35.2 Å². The molecule has 2 atom stereocenters. The first-order valence-electron chi connectivity index (χ1n) is 15.0. The molecule has 2 aromatic heterocycles. The zero-order chi connectivity index (χ0) is 32.9. The molecule has 1 aliphatic heterocycles. The predicted molar refractivity (Wildman–Crippen MR) is 168 cm³/mol. The summed E-state index contributed by atoms with van der Waals surface area (Å²) in [4.78, 5) is 60.3. The molecule has 1 saturated heterocycles. The smallest absolute Gasteiger partial charge is 0.305 e. The monoisotopic (exact) mass is 656 g/mol.